The molecule has 2 heterocycles. The molecule has 2 aromatic carbocycles. The fraction of sp³-hybridized carbons (Fsp3) is 0.300. The maximum Gasteiger partial charge on any atom is 0.123 e. The van der Waals surface area contributed by atoms with Crippen molar-refractivity contribution in [2.45, 2.75) is 19.5 Å². The fourth-order valence-electron chi connectivity index (χ4n) is 3.45. The molecule has 136 valence electrons. The van der Waals surface area contributed by atoms with Crippen LogP contribution >= 0.6 is 12.4 Å². The van der Waals surface area contributed by atoms with Gasteiger partial charge in [0.15, 0.2) is 0 Å². The number of halogens is 2. The Hall–Kier alpha value is -2.08. The van der Waals surface area contributed by atoms with Crippen molar-refractivity contribution in [1.82, 2.24) is 20.2 Å². The first-order valence-corrected chi connectivity index (χ1v) is 8.63. The van der Waals surface area contributed by atoms with Crippen LogP contribution in [-0.2, 0) is 6.54 Å². The monoisotopic (exact) mass is 372 g/mol. The summed E-state index contributed by atoms with van der Waals surface area (Å²) in [6.07, 6.45) is 0. The van der Waals surface area contributed by atoms with Crippen molar-refractivity contribution in [2.75, 3.05) is 19.6 Å². The van der Waals surface area contributed by atoms with Gasteiger partial charge in [0.25, 0.3) is 0 Å². The molecule has 0 bridgehead atoms. The van der Waals surface area contributed by atoms with Crippen LogP contribution in [0.3, 0.4) is 0 Å². The van der Waals surface area contributed by atoms with E-state index in [9.17, 15) is 4.39 Å². The van der Waals surface area contributed by atoms with Gasteiger partial charge >= 0.3 is 0 Å². The van der Waals surface area contributed by atoms with Gasteiger partial charge in [0.05, 0.1) is 22.4 Å². The van der Waals surface area contributed by atoms with Crippen molar-refractivity contribution in [1.29, 1.82) is 0 Å². The number of fused-ring (bicyclic) bond motifs is 1. The highest BCUT2D eigenvalue weighted by molar-refractivity contribution is 5.85. The summed E-state index contributed by atoms with van der Waals surface area (Å²) < 4.78 is 13.7. The summed E-state index contributed by atoms with van der Waals surface area (Å²) in [5, 5.41) is 3.41. The molecule has 0 radical (unpaired) electrons. The number of hydrogen-bond acceptors (Lipinski definition) is 4. The van der Waals surface area contributed by atoms with E-state index < -0.39 is 0 Å². The average molecular weight is 373 g/mol. The Balaban J connectivity index is 0.00000196. The molecule has 3 aromatic rings. The third-order valence-corrected chi connectivity index (χ3v) is 4.78. The van der Waals surface area contributed by atoms with Crippen LogP contribution in [-0.4, -0.2) is 34.5 Å². The molecule has 6 heteroatoms. The first-order valence-electron chi connectivity index (χ1n) is 8.63. The Morgan fingerprint density at radius 1 is 1.12 bits per heavy atom. The summed E-state index contributed by atoms with van der Waals surface area (Å²) in [5.41, 5.74) is 4.78. The molecule has 1 N–H and O–H groups in total. The topological polar surface area (TPSA) is 41.1 Å². The summed E-state index contributed by atoms with van der Waals surface area (Å²) in [4.78, 5) is 11.9. The molecule has 4 nitrogen and oxygen atoms in total. The number of para-hydroxylation sites is 2. The van der Waals surface area contributed by atoms with Crippen molar-refractivity contribution in [3.63, 3.8) is 0 Å². The summed E-state index contributed by atoms with van der Waals surface area (Å²) in [5.74, 6) is -0.190. The van der Waals surface area contributed by atoms with Gasteiger partial charge in [-0.05, 0) is 36.8 Å². The summed E-state index contributed by atoms with van der Waals surface area (Å²) >= 11 is 0. The minimum Gasteiger partial charge on any atom is -0.314 e. The average Bonchev–Trinajstić information content (AvgIpc) is 2.63. The molecule has 1 aliphatic heterocycles. The highest BCUT2D eigenvalue weighted by Gasteiger charge is 2.25. The Labute approximate surface area is 158 Å². The third-order valence-electron chi connectivity index (χ3n) is 4.78. The number of rotatable bonds is 3. The smallest absolute Gasteiger partial charge is 0.123 e. The standard InChI is InChI=1S/C20H21FN4.ClH/c1-14-19(24-18-8-3-2-7-17(18)23-14)13-25-10-9-22-12-20(25)15-5-4-6-16(21)11-15;/h2-8,11,20,22H,9-10,12-13H2,1H3;1H. The zero-order chi connectivity index (χ0) is 17.2. The molecule has 1 atom stereocenters. The van der Waals surface area contributed by atoms with Crippen molar-refractivity contribution in [3.05, 3.63) is 71.3 Å². The second-order valence-electron chi connectivity index (χ2n) is 6.49. The normalized spacial score (nSPS) is 17.8. The molecular formula is C20H22ClFN4. The number of nitrogens with zero attached hydrogens (tertiary/aromatic N) is 3. The van der Waals surface area contributed by atoms with Gasteiger partial charge in [-0.2, -0.15) is 0 Å². The van der Waals surface area contributed by atoms with Gasteiger partial charge in [0, 0.05) is 32.2 Å². The van der Waals surface area contributed by atoms with Gasteiger partial charge in [-0.3, -0.25) is 4.90 Å². The van der Waals surface area contributed by atoms with E-state index in [2.05, 4.69) is 15.2 Å². The van der Waals surface area contributed by atoms with Crippen LogP contribution in [0, 0.1) is 12.7 Å². The van der Waals surface area contributed by atoms with Crippen molar-refractivity contribution < 1.29 is 4.39 Å². The van der Waals surface area contributed by atoms with Gasteiger partial charge in [0.2, 0.25) is 0 Å². The SMILES string of the molecule is Cc1nc2ccccc2nc1CN1CCNCC1c1cccc(F)c1.Cl. The molecule has 1 fully saturated rings. The van der Waals surface area contributed by atoms with E-state index in [0.717, 1.165) is 47.6 Å². The van der Waals surface area contributed by atoms with E-state index in [0.29, 0.717) is 6.54 Å². The molecule has 1 aromatic heterocycles. The van der Waals surface area contributed by atoms with Crippen LogP contribution in [0.4, 0.5) is 4.39 Å². The summed E-state index contributed by atoms with van der Waals surface area (Å²) in [7, 11) is 0. The zero-order valence-corrected chi connectivity index (χ0v) is 15.5. The predicted molar refractivity (Wildman–Crippen MR) is 104 cm³/mol. The van der Waals surface area contributed by atoms with E-state index in [1.54, 1.807) is 12.1 Å². The van der Waals surface area contributed by atoms with Crippen LogP contribution in [0.25, 0.3) is 11.0 Å². The molecule has 4 rings (SSSR count). The van der Waals surface area contributed by atoms with Crippen LogP contribution in [0.5, 0.6) is 0 Å². The maximum absolute atomic E-state index is 13.7. The second-order valence-corrected chi connectivity index (χ2v) is 6.49. The number of nitrogens with one attached hydrogen (secondary N) is 1. The predicted octanol–water partition coefficient (Wildman–Crippen LogP) is 3.65. The third kappa shape index (κ3) is 3.85. The van der Waals surface area contributed by atoms with E-state index in [-0.39, 0.29) is 24.3 Å². The molecule has 26 heavy (non-hydrogen) atoms. The molecule has 0 amide bonds. The molecule has 1 aliphatic rings. The van der Waals surface area contributed by atoms with Crippen LogP contribution in [0.15, 0.2) is 48.5 Å². The zero-order valence-electron chi connectivity index (χ0n) is 14.7. The Morgan fingerprint density at radius 3 is 2.65 bits per heavy atom. The van der Waals surface area contributed by atoms with Gasteiger partial charge in [-0.15, -0.1) is 12.4 Å². The Morgan fingerprint density at radius 2 is 1.88 bits per heavy atom. The lowest BCUT2D eigenvalue weighted by Gasteiger charge is -2.36. The Bertz CT molecular complexity index is 902. The largest absolute Gasteiger partial charge is 0.314 e. The number of piperazine rings is 1. The minimum absolute atomic E-state index is 0. The Kier molecular flexibility index (Phi) is 5.81. The van der Waals surface area contributed by atoms with E-state index in [1.807, 2.05) is 37.3 Å². The summed E-state index contributed by atoms with van der Waals surface area (Å²) in [6.45, 7) is 5.35. The second kappa shape index (κ2) is 8.08. The number of benzene rings is 2. The first-order chi connectivity index (χ1) is 12.2. The molecular weight excluding hydrogens is 351 g/mol. The number of aryl methyl sites for hydroxylation is 1. The van der Waals surface area contributed by atoms with Crippen LogP contribution < -0.4 is 5.32 Å². The molecule has 1 saturated heterocycles. The van der Waals surface area contributed by atoms with Gasteiger partial charge < -0.3 is 5.32 Å². The van der Waals surface area contributed by atoms with E-state index >= 15 is 0 Å². The first kappa shape index (κ1) is 18.7. The van der Waals surface area contributed by atoms with E-state index in [4.69, 9.17) is 4.98 Å². The van der Waals surface area contributed by atoms with Crippen molar-refractivity contribution in [2.24, 2.45) is 0 Å². The minimum atomic E-state index is -0.190. The summed E-state index contributed by atoms with van der Waals surface area (Å²) in [6, 6.07) is 15.0. The maximum atomic E-state index is 13.7. The molecule has 0 aliphatic carbocycles. The van der Waals surface area contributed by atoms with Gasteiger partial charge in [0.1, 0.15) is 5.82 Å². The van der Waals surface area contributed by atoms with Crippen LogP contribution in [0.1, 0.15) is 23.0 Å². The molecule has 0 saturated carbocycles. The van der Waals surface area contributed by atoms with Gasteiger partial charge in [-0.1, -0.05) is 24.3 Å². The number of aromatic nitrogens is 2. The lowest BCUT2D eigenvalue weighted by molar-refractivity contribution is 0.151. The van der Waals surface area contributed by atoms with E-state index in [1.165, 1.54) is 6.07 Å². The highest BCUT2D eigenvalue weighted by Crippen LogP contribution is 2.25. The fourth-order valence-corrected chi connectivity index (χ4v) is 3.45. The highest BCUT2D eigenvalue weighted by atomic mass is 35.5. The van der Waals surface area contributed by atoms with Crippen molar-refractivity contribution in [3.8, 4) is 0 Å². The van der Waals surface area contributed by atoms with Gasteiger partial charge in [-0.25, -0.2) is 14.4 Å². The number of hydrogen-bond donors (Lipinski definition) is 1. The quantitative estimate of drug-likeness (QED) is 0.762. The molecule has 1 unspecified atom stereocenters. The lowest BCUT2D eigenvalue weighted by atomic mass is 10.0. The van der Waals surface area contributed by atoms with Crippen molar-refractivity contribution >= 4 is 23.4 Å². The van der Waals surface area contributed by atoms with Crippen LogP contribution in [0.2, 0.25) is 0 Å². The lowest BCUT2D eigenvalue weighted by Crippen LogP contribution is -2.45. The molecule has 0 spiro atoms.